The minimum absolute atomic E-state index is 0. The van der Waals surface area contributed by atoms with E-state index in [0.29, 0.717) is 24.9 Å². The molecule has 110 valence electrons. The standard InChI is InChI=1S/C13H14F2N2O2.ClH/c14-5-8(6-16)7-19-10-3-9-1-2-17-13(18)12(9)11(15)4-10;/h3-5H,1-2,6-7,16H2,(H,17,18);1H/b8-5+;. The van der Waals surface area contributed by atoms with Crippen LogP contribution in [-0.2, 0) is 6.42 Å². The van der Waals surface area contributed by atoms with Crippen molar-refractivity contribution in [1.29, 1.82) is 0 Å². The average Bonchev–Trinajstić information content (AvgIpc) is 2.39. The Bertz CT molecular complexity index is 535. The van der Waals surface area contributed by atoms with E-state index in [9.17, 15) is 13.6 Å². The average molecular weight is 305 g/mol. The first-order valence-corrected chi connectivity index (χ1v) is 5.87. The molecule has 7 heteroatoms. The number of carbonyl (C=O) groups excluding carboxylic acids is 1. The second-order valence-electron chi connectivity index (χ2n) is 4.21. The monoisotopic (exact) mass is 304 g/mol. The lowest BCUT2D eigenvalue weighted by atomic mass is 9.99. The van der Waals surface area contributed by atoms with Crippen molar-refractivity contribution in [3.8, 4) is 5.75 Å². The lowest BCUT2D eigenvalue weighted by molar-refractivity contribution is 0.0941. The summed E-state index contributed by atoms with van der Waals surface area (Å²) < 4.78 is 31.4. The normalized spacial score (nSPS) is 14.2. The minimum atomic E-state index is -0.636. The van der Waals surface area contributed by atoms with Crippen LogP contribution in [0.4, 0.5) is 8.78 Å². The van der Waals surface area contributed by atoms with Gasteiger partial charge in [-0.3, -0.25) is 4.79 Å². The third-order valence-corrected chi connectivity index (χ3v) is 2.89. The summed E-state index contributed by atoms with van der Waals surface area (Å²) in [6.45, 7) is 0.455. The van der Waals surface area contributed by atoms with Crippen LogP contribution in [0.25, 0.3) is 0 Å². The van der Waals surface area contributed by atoms with Gasteiger partial charge in [0.2, 0.25) is 0 Å². The number of rotatable bonds is 4. The van der Waals surface area contributed by atoms with E-state index in [1.54, 1.807) is 6.07 Å². The quantitative estimate of drug-likeness (QED) is 0.890. The number of hydrogen-bond acceptors (Lipinski definition) is 3. The summed E-state index contributed by atoms with van der Waals surface area (Å²) in [6.07, 6.45) is 0.917. The molecule has 0 unspecified atom stereocenters. The molecule has 1 aliphatic rings. The molecule has 20 heavy (non-hydrogen) atoms. The van der Waals surface area contributed by atoms with Crippen LogP contribution in [-0.4, -0.2) is 25.6 Å². The molecule has 0 aromatic heterocycles. The highest BCUT2D eigenvalue weighted by molar-refractivity contribution is 5.97. The number of ether oxygens (including phenoxy) is 1. The van der Waals surface area contributed by atoms with Crippen LogP contribution in [0, 0.1) is 5.82 Å². The summed E-state index contributed by atoms with van der Waals surface area (Å²) in [5.74, 6) is -0.793. The zero-order valence-electron chi connectivity index (χ0n) is 10.6. The van der Waals surface area contributed by atoms with Gasteiger partial charge in [0.15, 0.2) is 0 Å². The van der Waals surface area contributed by atoms with Crippen molar-refractivity contribution < 1.29 is 18.3 Å². The molecule has 0 atom stereocenters. The largest absolute Gasteiger partial charge is 0.489 e. The topological polar surface area (TPSA) is 64.3 Å². The first-order valence-electron chi connectivity index (χ1n) is 5.87. The maximum absolute atomic E-state index is 13.8. The molecule has 0 fully saturated rings. The van der Waals surface area contributed by atoms with E-state index in [2.05, 4.69) is 5.32 Å². The molecule has 1 heterocycles. The van der Waals surface area contributed by atoms with Crippen LogP contribution in [0.5, 0.6) is 5.75 Å². The van der Waals surface area contributed by atoms with Crippen molar-refractivity contribution in [2.75, 3.05) is 19.7 Å². The maximum Gasteiger partial charge on any atom is 0.254 e. The first kappa shape index (κ1) is 16.4. The summed E-state index contributed by atoms with van der Waals surface area (Å²) in [5.41, 5.74) is 6.21. The highest BCUT2D eigenvalue weighted by Crippen LogP contribution is 2.24. The Morgan fingerprint density at radius 2 is 2.25 bits per heavy atom. The maximum atomic E-state index is 13.8. The van der Waals surface area contributed by atoms with Gasteiger partial charge in [0.25, 0.3) is 5.91 Å². The number of nitrogens with two attached hydrogens (primary N) is 1. The number of amides is 1. The van der Waals surface area contributed by atoms with E-state index in [1.807, 2.05) is 0 Å². The second-order valence-corrected chi connectivity index (χ2v) is 4.21. The number of fused-ring (bicyclic) bond motifs is 1. The van der Waals surface area contributed by atoms with Gasteiger partial charge < -0.3 is 15.8 Å². The Labute approximate surface area is 121 Å². The molecule has 1 aromatic rings. The fourth-order valence-electron chi connectivity index (χ4n) is 1.88. The van der Waals surface area contributed by atoms with Crippen molar-refractivity contribution in [2.24, 2.45) is 5.73 Å². The van der Waals surface area contributed by atoms with Crippen LogP contribution < -0.4 is 15.8 Å². The molecule has 2 rings (SSSR count). The van der Waals surface area contributed by atoms with Crippen LogP contribution in [0.2, 0.25) is 0 Å². The van der Waals surface area contributed by atoms with Gasteiger partial charge in [0.05, 0.1) is 11.9 Å². The molecule has 3 N–H and O–H groups in total. The van der Waals surface area contributed by atoms with Gasteiger partial charge in [0, 0.05) is 24.7 Å². The fraction of sp³-hybridized carbons (Fsp3) is 0.308. The Kier molecular flexibility index (Phi) is 5.91. The van der Waals surface area contributed by atoms with Gasteiger partial charge in [-0.15, -0.1) is 12.4 Å². The van der Waals surface area contributed by atoms with Crippen molar-refractivity contribution in [3.63, 3.8) is 0 Å². The van der Waals surface area contributed by atoms with Crippen LogP contribution in [0.15, 0.2) is 24.0 Å². The first-order chi connectivity index (χ1) is 9.15. The van der Waals surface area contributed by atoms with Gasteiger partial charge in [0.1, 0.15) is 18.2 Å². The third-order valence-electron chi connectivity index (χ3n) is 2.89. The van der Waals surface area contributed by atoms with Crippen molar-refractivity contribution in [3.05, 3.63) is 41.0 Å². The van der Waals surface area contributed by atoms with E-state index in [1.165, 1.54) is 0 Å². The van der Waals surface area contributed by atoms with E-state index in [-0.39, 0.29) is 42.4 Å². The summed E-state index contributed by atoms with van der Waals surface area (Å²) in [6, 6.07) is 2.72. The predicted octanol–water partition coefficient (Wildman–Crippen LogP) is 1.72. The lowest BCUT2D eigenvalue weighted by Gasteiger charge is -2.18. The van der Waals surface area contributed by atoms with E-state index < -0.39 is 11.7 Å². The highest BCUT2D eigenvalue weighted by Gasteiger charge is 2.22. The van der Waals surface area contributed by atoms with Gasteiger partial charge in [-0.05, 0) is 18.1 Å². The summed E-state index contributed by atoms with van der Waals surface area (Å²) in [4.78, 5) is 11.5. The summed E-state index contributed by atoms with van der Waals surface area (Å²) in [7, 11) is 0. The molecule has 0 radical (unpaired) electrons. The molecule has 4 nitrogen and oxygen atoms in total. The Balaban J connectivity index is 0.00000200. The van der Waals surface area contributed by atoms with Gasteiger partial charge in [-0.1, -0.05) is 0 Å². The molecule has 0 saturated heterocycles. The molecule has 0 aliphatic carbocycles. The van der Waals surface area contributed by atoms with E-state index >= 15 is 0 Å². The lowest BCUT2D eigenvalue weighted by Crippen LogP contribution is -2.32. The molecule has 0 bridgehead atoms. The number of benzene rings is 1. The molecular formula is C13H15ClF2N2O2. The molecule has 1 aliphatic heterocycles. The molecule has 0 saturated carbocycles. The Hall–Kier alpha value is -1.66. The number of hydrogen-bond donors (Lipinski definition) is 2. The minimum Gasteiger partial charge on any atom is -0.489 e. The van der Waals surface area contributed by atoms with Crippen molar-refractivity contribution >= 4 is 18.3 Å². The number of nitrogens with one attached hydrogen (secondary N) is 1. The molecule has 1 aromatic carbocycles. The number of halogens is 3. The van der Waals surface area contributed by atoms with Gasteiger partial charge in [-0.25, -0.2) is 8.78 Å². The Morgan fingerprint density at radius 3 is 2.90 bits per heavy atom. The van der Waals surface area contributed by atoms with Crippen molar-refractivity contribution in [2.45, 2.75) is 6.42 Å². The predicted molar refractivity (Wildman–Crippen MR) is 73.4 cm³/mol. The fourth-order valence-corrected chi connectivity index (χ4v) is 1.88. The van der Waals surface area contributed by atoms with Crippen LogP contribution >= 0.6 is 12.4 Å². The second kappa shape index (κ2) is 7.21. The molecule has 1 amide bonds. The zero-order valence-corrected chi connectivity index (χ0v) is 11.4. The highest BCUT2D eigenvalue weighted by atomic mass is 35.5. The van der Waals surface area contributed by atoms with Gasteiger partial charge in [-0.2, -0.15) is 0 Å². The van der Waals surface area contributed by atoms with Crippen molar-refractivity contribution in [1.82, 2.24) is 5.32 Å². The zero-order chi connectivity index (χ0) is 13.8. The SMILES string of the molecule is Cl.NC/C(=C\F)COc1cc(F)c2c(c1)CCNC2=O. The van der Waals surface area contributed by atoms with Crippen LogP contribution in [0.1, 0.15) is 15.9 Å². The van der Waals surface area contributed by atoms with E-state index in [0.717, 1.165) is 6.07 Å². The summed E-state index contributed by atoms with van der Waals surface area (Å²) in [5, 5.41) is 2.57. The van der Waals surface area contributed by atoms with Crippen LogP contribution in [0.3, 0.4) is 0 Å². The summed E-state index contributed by atoms with van der Waals surface area (Å²) >= 11 is 0. The van der Waals surface area contributed by atoms with E-state index in [4.69, 9.17) is 10.5 Å². The smallest absolute Gasteiger partial charge is 0.254 e. The number of carbonyl (C=O) groups is 1. The Morgan fingerprint density at radius 1 is 1.50 bits per heavy atom. The third kappa shape index (κ3) is 3.46. The van der Waals surface area contributed by atoms with Gasteiger partial charge >= 0.3 is 0 Å². The molecule has 0 spiro atoms. The molecular weight excluding hydrogens is 290 g/mol.